The summed E-state index contributed by atoms with van der Waals surface area (Å²) in [5, 5.41) is 3.43. The van der Waals surface area contributed by atoms with Crippen molar-refractivity contribution in [1.29, 1.82) is 0 Å². The SMILES string of the molecule is COC(=O)[C@@]12CCCN1C(=O)[C@@H](N=[N+]=[N-])C2. The van der Waals surface area contributed by atoms with Crippen LogP contribution in [0.25, 0.3) is 10.4 Å². The number of amides is 1. The number of nitrogens with zero attached hydrogens (tertiary/aromatic N) is 4. The van der Waals surface area contributed by atoms with Crippen molar-refractivity contribution in [2.75, 3.05) is 13.7 Å². The highest BCUT2D eigenvalue weighted by Gasteiger charge is 2.58. The van der Waals surface area contributed by atoms with E-state index in [2.05, 4.69) is 10.0 Å². The minimum Gasteiger partial charge on any atom is -0.467 e. The number of hydrogen-bond donors (Lipinski definition) is 0. The Balaban J connectivity index is 2.34. The highest BCUT2D eigenvalue weighted by atomic mass is 16.5. The summed E-state index contributed by atoms with van der Waals surface area (Å²) >= 11 is 0. The highest BCUT2D eigenvalue weighted by Crippen LogP contribution is 2.41. The van der Waals surface area contributed by atoms with Crippen LogP contribution in [0.2, 0.25) is 0 Å². The lowest BCUT2D eigenvalue weighted by Gasteiger charge is -2.28. The Bertz CT molecular complexity index is 390. The molecule has 2 heterocycles. The largest absolute Gasteiger partial charge is 0.467 e. The molecule has 0 aromatic carbocycles. The molecule has 0 spiro atoms. The molecule has 2 rings (SSSR count). The Kier molecular flexibility index (Phi) is 2.47. The van der Waals surface area contributed by atoms with Crippen LogP contribution in [0.1, 0.15) is 19.3 Å². The molecule has 0 aromatic rings. The summed E-state index contributed by atoms with van der Waals surface area (Å²) in [6.45, 7) is 0.533. The predicted octanol–water partition coefficient (Wildman–Crippen LogP) is 0.603. The van der Waals surface area contributed by atoms with Gasteiger partial charge >= 0.3 is 5.97 Å². The molecule has 1 amide bonds. The van der Waals surface area contributed by atoms with Crippen molar-refractivity contribution in [2.24, 2.45) is 5.11 Å². The van der Waals surface area contributed by atoms with Crippen molar-refractivity contribution in [1.82, 2.24) is 4.90 Å². The number of azide groups is 1. The fourth-order valence-electron chi connectivity index (χ4n) is 2.64. The Morgan fingerprint density at radius 1 is 1.75 bits per heavy atom. The standard InChI is InChI=1S/C9H12N4O3/c1-16-8(15)9-3-2-4-13(9)7(14)6(5-9)11-12-10/h6H,2-5H2,1H3/t6-,9-/m0/s1. The van der Waals surface area contributed by atoms with E-state index in [-0.39, 0.29) is 12.3 Å². The number of rotatable bonds is 2. The first-order valence-electron chi connectivity index (χ1n) is 5.10. The Labute approximate surface area is 92.0 Å². The molecule has 0 unspecified atom stereocenters. The molecule has 0 bridgehead atoms. The fourth-order valence-corrected chi connectivity index (χ4v) is 2.64. The van der Waals surface area contributed by atoms with E-state index in [9.17, 15) is 9.59 Å². The minimum absolute atomic E-state index is 0.239. The molecule has 2 aliphatic heterocycles. The molecular weight excluding hydrogens is 212 g/mol. The van der Waals surface area contributed by atoms with Gasteiger partial charge in [0.2, 0.25) is 5.91 Å². The monoisotopic (exact) mass is 224 g/mol. The van der Waals surface area contributed by atoms with Gasteiger partial charge in [0.05, 0.1) is 7.11 Å². The summed E-state index contributed by atoms with van der Waals surface area (Å²) in [6, 6.07) is -0.760. The van der Waals surface area contributed by atoms with Crippen LogP contribution < -0.4 is 0 Å². The molecule has 7 nitrogen and oxygen atoms in total. The van der Waals surface area contributed by atoms with Crippen molar-refractivity contribution >= 4 is 11.9 Å². The van der Waals surface area contributed by atoms with Crippen LogP contribution >= 0.6 is 0 Å². The van der Waals surface area contributed by atoms with E-state index in [1.54, 1.807) is 0 Å². The summed E-state index contributed by atoms with van der Waals surface area (Å²) in [5.41, 5.74) is 7.47. The first-order valence-corrected chi connectivity index (χ1v) is 5.10. The normalized spacial score (nSPS) is 32.2. The highest BCUT2D eigenvalue weighted by molar-refractivity contribution is 5.95. The molecule has 7 heteroatoms. The number of ether oxygens (including phenoxy) is 1. The second-order valence-corrected chi connectivity index (χ2v) is 4.04. The second kappa shape index (κ2) is 3.68. The molecule has 0 aliphatic carbocycles. The van der Waals surface area contributed by atoms with E-state index in [0.717, 1.165) is 6.42 Å². The smallest absolute Gasteiger partial charge is 0.331 e. The van der Waals surface area contributed by atoms with Crippen molar-refractivity contribution in [2.45, 2.75) is 30.8 Å². The molecule has 86 valence electrons. The molecular formula is C9H12N4O3. The number of carbonyl (C=O) groups excluding carboxylic acids is 2. The van der Waals surface area contributed by atoms with Gasteiger partial charge < -0.3 is 9.64 Å². The number of hydrogen-bond acceptors (Lipinski definition) is 4. The summed E-state index contributed by atoms with van der Waals surface area (Å²) in [4.78, 5) is 27.8. The number of methoxy groups -OCH3 is 1. The Hall–Kier alpha value is -1.75. The van der Waals surface area contributed by atoms with Crippen LogP contribution in [-0.2, 0) is 14.3 Å². The lowest BCUT2D eigenvalue weighted by Crippen LogP contribution is -2.47. The average Bonchev–Trinajstić information content (AvgIpc) is 2.80. The molecule has 16 heavy (non-hydrogen) atoms. The van der Waals surface area contributed by atoms with Gasteiger partial charge in [-0.1, -0.05) is 5.11 Å². The average molecular weight is 224 g/mol. The van der Waals surface area contributed by atoms with Crippen LogP contribution in [0, 0.1) is 0 Å². The van der Waals surface area contributed by atoms with E-state index >= 15 is 0 Å². The third kappa shape index (κ3) is 1.25. The Morgan fingerprint density at radius 2 is 2.50 bits per heavy atom. The third-order valence-electron chi connectivity index (χ3n) is 3.33. The van der Waals surface area contributed by atoms with Crippen LogP contribution in [0.4, 0.5) is 0 Å². The molecule has 0 aromatic heterocycles. The molecule has 0 radical (unpaired) electrons. The maximum Gasteiger partial charge on any atom is 0.331 e. The van der Waals surface area contributed by atoms with Gasteiger partial charge in [-0.05, 0) is 24.8 Å². The maximum atomic E-state index is 11.9. The van der Waals surface area contributed by atoms with E-state index in [1.807, 2.05) is 0 Å². The number of fused-ring (bicyclic) bond motifs is 1. The van der Waals surface area contributed by atoms with E-state index in [4.69, 9.17) is 10.3 Å². The zero-order chi connectivity index (χ0) is 11.8. The van der Waals surface area contributed by atoms with Crippen LogP contribution in [0.3, 0.4) is 0 Å². The van der Waals surface area contributed by atoms with E-state index < -0.39 is 17.6 Å². The van der Waals surface area contributed by atoms with Gasteiger partial charge in [0.1, 0.15) is 11.6 Å². The predicted molar refractivity (Wildman–Crippen MR) is 53.2 cm³/mol. The van der Waals surface area contributed by atoms with Gasteiger partial charge in [-0.2, -0.15) is 0 Å². The van der Waals surface area contributed by atoms with Crippen molar-refractivity contribution in [3.05, 3.63) is 10.4 Å². The molecule has 2 saturated heterocycles. The summed E-state index contributed by atoms with van der Waals surface area (Å²) < 4.78 is 4.75. The quantitative estimate of drug-likeness (QED) is 0.297. The minimum atomic E-state index is -0.884. The van der Waals surface area contributed by atoms with Gasteiger partial charge in [-0.15, -0.1) is 0 Å². The first-order chi connectivity index (χ1) is 7.65. The van der Waals surface area contributed by atoms with Crippen LogP contribution in [0.15, 0.2) is 5.11 Å². The van der Waals surface area contributed by atoms with Crippen molar-refractivity contribution < 1.29 is 14.3 Å². The molecule has 0 N–H and O–H groups in total. The van der Waals surface area contributed by atoms with Gasteiger partial charge in [-0.25, -0.2) is 4.79 Å². The molecule has 2 aliphatic rings. The van der Waals surface area contributed by atoms with Crippen LogP contribution in [-0.4, -0.2) is 42.0 Å². The second-order valence-electron chi connectivity index (χ2n) is 4.04. The number of esters is 1. The van der Waals surface area contributed by atoms with Gasteiger partial charge in [0.25, 0.3) is 0 Å². The molecule has 0 saturated carbocycles. The van der Waals surface area contributed by atoms with Crippen molar-refractivity contribution in [3.63, 3.8) is 0 Å². The van der Waals surface area contributed by atoms with Gasteiger partial charge in [0.15, 0.2) is 0 Å². The van der Waals surface area contributed by atoms with Gasteiger partial charge in [0, 0.05) is 11.5 Å². The maximum absolute atomic E-state index is 11.9. The third-order valence-corrected chi connectivity index (χ3v) is 3.33. The zero-order valence-electron chi connectivity index (χ0n) is 8.92. The fraction of sp³-hybridized carbons (Fsp3) is 0.778. The molecule has 2 atom stereocenters. The van der Waals surface area contributed by atoms with Crippen molar-refractivity contribution in [3.8, 4) is 0 Å². The van der Waals surface area contributed by atoms with E-state index in [0.29, 0.717) is 13.0 Å². The Morgan fingerprint density at radius 3 is 3.12 bits per heavy atom. The summed E-state index contributed by atoms with van der Waals surface area (Å²) in [5.74, 6) is -0.672. The topological polar surface area (TPSA) is 95.4 Å². The lowest BCUT2D eigenvalue weighted by atomic mass is 9.93. The van der Waals surface area contributed by atoms with Crippen LogP contribution in [0.5, 0.6) is 0 Å². The first kappa shape index (κ1) is 10.8. The van der Waals surface area contributed by atoms with E-state index in [1.165, 1.54) is 12.0 Å². The zero-order valence-corrected chi connectivity index (χ0v) is 8.92. The molecule has 2 fully saturated rings. The van der Waals surface area contributed by atoms with Gasteiger partial charge in [-0.3, -0.25) is 4.79 Å². The number of carbonyl (C=O) groups is 2. The summed E-state index contributed by atoms with van der Waals surface area (Å²) in [7, 11) is 1.30. The summed E-state index contributed by atoms with van der Waals surface area (Å²) in [6.07, 6.45) is 1.61. The lowest BCUT2D eigenvalue weighted by molar-refractivity contribution is -0.155.